The van der Waals surface area contributed by atoms with E-state index in [9.17, 15) is 12.8 Å². The number of hydrogen-bond acceptors (Lipinski definition) is 5. The van der Waals surface area contributed by atoms with Gasteiger partial charge in [0.05, 0.1) is 18.7 Å². The third kappa shape index (κ3) is 2.84. The number of hydrogen-bond donors (Lipinski definition) is 0. The predicted molar refractivity (Wildman–Crippen MR) is 77.5 cm³/mol. The third-order valence-electron chi connectivity index (χ3n) is 2.97. The molecule has 0 aliphatic rings. The van der Waals surface area contributed by atoms with E-state index in [1.165, 1.54) is 38.6 Å². The monoisotopic (exact) mass is 321 g/mol. The summed E-state index contributed by atoms with van der Waals surface area (Å²) in [6.07, 6.45) is 1.31. The van der Waals surface area contributed by atoms with Crippen LogP contribution in [0.2, 0.25) is 0 Å². The van der Waals surface area contributed by atoms with Gasteiger partial charge in [-0.15, -0.1) is 0 Å². The lowest BCUT2D eigenvalue weighted by molar-refractivity contribution is 0.411. The molecule has 0 aliphatic heterocycles. The summed E-state index contributed by atoms with van der Waals surface area (Å²) in [5.74, 6) is -0.669. The van der Waals surface area contributed by atoms with Crippen LogP contribution in [0.5, 0.6) is 5.75 Å². The van der Waals surface area contributed by atoms with Crippen molar-refractivity contribution in [2.24, 2.45) is 0 Å². The molecule has 0 bridgehead atoms. The Morgan fingerprint density at radius 3 is 2.68 bits per heavy atom. The number of halogens is 1. The van der Waals surface area contributed by atoms with Crippen LogP contribution in [0.25, 0.3) is 0 Å². The molecule has 1 heterocycles. The van der Waals surface area contributed by atoms with E-state index >= 15 is 0 Å². The Morgan fingerprint density at radius 1 is 1.32 bits per heavy atom. The molecule has 0 aliphatic carbocycles. The topological polar surface area (TPSA) is 83.3 Å². The van der Waals surface area contributed by atoms with E-state index < -0.39 is 20.7 Å². The predicted octanol–water partition coefficient (Wildman–Crippen LogP) is 1.93. The van der Waals surface area contributed by atoms with Gasteiger partial charge >= 0.3 is 0 Å². The molecule has 22 heavy (non-hydrogen) atoms. The molecule has 2 aromatic rings. The molecule has 0 radical (unpaired) electrons. The highest BCUT2D eigenvalue weighted by atomic mass is 32.2. The number of sulfonamides is 1. The Labute approximate surface area is 127 Å². The van der Waals surface area contributed by atoms with Gasteiger partial charge in [-0.05, 0) is 24.3 Å². The molecule has 1 aromatic heterocycles. The van der Waals surface area contributed by atoms with Gasteiger partial charge < -0.3 is 4.74 Å². The molecule has 8 heteroatoms. The first-order chi connectivity index (χ1) is 10.4. The molecule has 0 unspecified atom stereocenters. The van der Waals surface area contributed by atoms with Crippen LogP contribution < -0.4 is 9.04 Å². The van der Waals surface area contributed by atoms with Crippen LogP contribution in [0.4, 0.5) is 10.2 Å². The first kappa shape index (κ1) is 15.7. The molecule has 114 valence electrons. The van der Waals surface area contributed by atoms with Crippen LogP contribution in [0.3, 0.4) is 0 Å². The average molecular weight is 321 g/mol. The molecule has 0 saturated carbocycles. The minimum absolute atomic E-state index is 0.0151. The fraction of sp³-hybridized carbons (Fsp3) is 0.143. The van der Waals surface area contributed by atoms with E-state index in [0.29, 0.717) is 0 Å². The van der Waals surface area contributed by atoms with Gasteiger partial charge in [-0.3, -0.25) is 4.31 Å². The lowest BCUT2D eigenvalue weighted by Gasteiger charge is -2.19. The van der Waals surface area contributed by atoms with Crippen LogP contribution in [-0.2, 0) is 10.0 Å². The van der Waals surface area contributed by atoms with Gasteiger partial charge in [-0.1, -0.05) is 0 Å². The van der Waals surface area contributed by atoms with Gasteiger partial charge in [0.1, 0.15) is 22.3 Å². The van der Waals surface area contributed by atoms with Gasteiger partial charge in [0.15, 0.2) is 0 Å². The van der Waals surface area contributed by atoms with Gasteiger partial charge in [-0.25, -0.2) is 17.8 Å². The minimum Gasteiger partial charge on any atom is -0.497 e. The lowest BCUT2D eigenvalue weighted by atomic mass is 10.3. The molecule has 2 rings (SSSR count). The van der Waals surface area contributed by atoms with Crippen molar-refractivity contribution in [3.63, 3.8) is 0 Å². The third-order valence-corrected chi connectivity index (χ3v) is 4.75. The van der Waals surface area contributed by atoms with Gasteiger partial charge in [0.25, 0.3) is 10.0 Å². The molecule has 0 saturated heterocycles. The van der Waals surface area contributed by atoms with Crippen LogP contribution >= 0.6 is 0 Å². The summed E-state index contributed by atoms with van der Waals surface area (Å²) in [7, 11) is -1.59. The number of ether oxygens (including phenoxy) is 1. The molecule has 0 fully saturated rings. The maximum atomic E-state index is 13.9. The van der Waals surface area contributed by atoms with Gasteiger partial charge in [0.2, 0.25) is 0 Å². The van der Waals surface area contributed by atoms with E-state index in [1.54, 1.807) is 0 Å². The Morgan fingerprint density at radius 2 is 2.05 bits per heavy atom. The number of anilines is 1. The van der Waals surface area contributed by atoms with Crippen molar-refractivity contribution in [1.29, 1.82) is 5.26 Å². The van der Waals surface area contributed by atoms with Crippen molar-refractivity contribution in [3.05, 3.63) is 47.9 Å². The highest BCUT2D eigenvalue weighted by molar-refractivity contribution is 7.92. The number of pyridine rings is 1. The zero-order chi connectivity index (χ0) is 16.3. The fourth-order valence-electron chi connectivity index (χ4n) is 1.74. The van der Waals surface area contributed by atoms with E-state index in [2.05, 4.69) is 4.98 Å². The number of aromatic nitrogens is 1. The van der Waals surface area contributed by atoms with Gasteiger partial charge in [0, 0.05) is 19.3 Å². The number of nitriles is 1. The highest BCUT2D eigenvalue weighted by Gasteiger charge is 2.26. The molecular formula is C14H12FN3O3S. The van der Waals surface area contributed by atoms with Crippen molar-refractivity contribution >= 4 is 15.8 Å². The number of methoxy groups -OCH3 is 1. The Hall–Kier alpha value is -2.66. The summed E-state index contributed by atoms with van der Waals surface area (Å²) >= 11 is 0. The summed E-state index contributed by atoms with van der Waals surface area (Å²) < 4.78 is 44.7. The summed E-state index contributed by atoms with van der Waals surface area (Å²) in [6, 6.07) is 8.06. The molecule has 6 nitrogen and oxygen atoms in total. The lowest BCUT2D eigenvalue weighted by Crippen LogP contribution is -2.28. The van der Waals surface area contributed by atoms with Crippen molar-refractivity contribution in [2.75, 3.05) is 18.5 Å². The standard InChI is InChI=1S/C14H12FN3O3S/c1-18(14-7-10(9-16)5-6-17-14)22(19,20)13-8-11(21-2)3-4-12(13)15/h3-8H,1-2H3. The van der Waals surface area contributed by atoms with Gasteiger partial charge in [-0.2, -0.15) is 5.26 Å². The second-order valence-corrected chi connectivity index (χ2v) is 6.22. The quantitative estimate of drug-likeness (QED) is 0.859. The maximum absolute atomic E-state index is 13.9. The molecule has 0 N–H and O–H groups in total. The van der Waals surface area contributed by atoms with Crippen LogP contribution in [0.1, 0.15) is 5.56 Å². The second-order valence-electron chi connectivity index (χ2n) is 4.28. The Balaban J connectivity index is 2.52. The van der Waals surface area contributed by atoms with E-state index in [0.717, 1.165) is 16.4 Å². The smallest absolute Gasteiger partial charge is 0.268 e. The van der Waals surface area contributed by atoms with Crippen molar-refractivity contribution in [2.45, 2.75) is 4.90 Å². The summed E-state index contributed by atoms with van der Waals surface area (Å²) in [4.78, 5) is 3.36. The summed E-state index contributed by atoms with van der Waals surface area (Å²) in [6.45, 7) is 0. The summed E-state index contributed by atoms with van der Waals surface area (Å²) in [5.41, 5.74) is 0.248. The second kappa shape index (κ2) is 5.99. The van der Waals surface area contributed by atoms with E-state index in [1.807, 2.05) is 6.07 Å². The fourth-order valence-corrected chi connectivity index (χ4v) is 2.96. The molecule has 1 aromatic carbocycles. The Kier molecular flexibility index (Phi) is 4.28. The molecular weight excluding hydrogens is 309 g/mol. The first-order valence-corrected chi connectivity index (χ1v) is 7.53. The number of nitrogens with zero attached hydrogens (tertiary/aromatic N) is 3. The van der Waals surface area contributed by atoms with Crippen molar-refractivity contribution < 1.29 is 17.5 Å². The number of benzene rings is 1. The SMILES string of the molecule is COc1ccc(F)c(S(=O)(=O)N(C)c2cc(C#N)ccn2)c1. The number of rotatable bonds is 4. The summed E-state index contributed by atoms with van der Waals surface area (Å²) in [5, 5.41) is 8.85. The first-order valence-electron chi connectivity index (χ1n) is 6.09. The normalized spacial score (nSPS) is 10.8. The largest absolute Gasteiger partial charge is 0.497 e. The van der Waals surface area contributed by atoms with Crippen molar-refractivity contribution in [1.82, 2.24) is 4.98 Å². The zero-order valence-electron chi connectivity index (χ0n) is 11.8. The van der Waals surface area contributed by atoms with Crippen LogP contribution in [-0.4, -0.2) is 27.6 Å². The van der Waals surface area contributed by atoms with Crippen LogP contribution in [0.15, 0.2) is 41.4 Å². The van der Waals surface area contributed by atoms with E-state index in [-0.39, 0.29) is 17.1 Å². The molecule has 0 amide bonds. The average Bonchev–Trinajstić information content (AvgIpc) is 2.54. The highest BCUT2D eigenvalue weighted by Crippen LogP contribution is 2.26. The Bertz CT molecular complexity index is 847. The minimum atomic E-state index is -4.17. The zero-order valence-corrected chi connectivity index (χ0v) is 12.6. The molecule has 0 spiro atoms. The van der Waals surface area contributed by atoms with Crippen LogP contribution in [0, 0.1) is 17.1 Å². The maximum Gasteiger partial charge on any atom is 0.268 e. The molecule has 0 atom stereocenters. The van der Waals surface area contributed by atoms with E-state index in [4.69, 9.17) is 10.00 Å². The van der Waals surface area contributed by atoms with Crippen molar-refractivity contribution in [3.8, 4) is 11.8 Å².